The maximum atomic E-state index is 12.6. The van der Waals surface area contributed by atoms with Crippen molar-refractivity contribution in [3.05, 3.63) is 88.1 Å². The van der Waals surface area contributed by atoms with Crippen LogP contribution in [0.5, 0.6) is 5.75 Å². The summed E-state index contributed by atoms with van der Waals surface area (Å²) in [4.78, 5) is 25.2. The molecule has 2 amide bonds. The van der Waals surface area contributed by atoms with E-state index in [1.165, 1.54) is 0 Å². The minimum atomic E-state index is -0.349. The van der Waals surface area contributed by atoms with Crippen molar-refractivity contribution in [3.63, 3.8) is 0 Å². The summed E-state index contributed by atoms with van der Waals surface area (Å²) in [6, 6.07) is 19.5. The average molecular weight is 552 g/mol. The highest BCUT2D eigenvalue weighted by molar-refractivity contribution is 9.10. The van der Waals surface area contributed by atoms with E-state index in [-0.39, 0.29) is 22.7 Å². The Bertz CT molecular complexity index is 1400. The minimum Gasteiger partial charge on any atom is -0.493 e. The lowest BCUT2D eigenvalue weighted by Crippen LogP contribution is -2.34. The largest absolute Gasteiger partial charge is 0.493 e. The molecule has 0 unspecified atom stereocenters. The lowest BCUT2D eigenvalue weighted by Gasteiger charge is -2.13. The molecule has 4 rings (SSSR count). The molecule has 0 aliphatic carbocycles. The SMILES string of the molecule is CCOc1ccc(C(=O)NC(=S)Nc2ccc(NC(=O)c3cc4ccccc4o3)c(C)c2)cc1Br. The van der Waals surface area contributed by atoms with Gasteiger partial charge in [-0.1, -0.05) is 18.2 Å². The molecule has 3 N–H and O–H groups in total. The number of nitrogens with one attached hydrogen (secondary N) is 3. The van der Waals surface area contributed by atoms with E-state index in [1.807, 2.05) is 44.2 Å². The molecule has 0 fully saturated rings. The van der Waals surface area contributed by atoms with Gasteiger partial charge < -0.3 is 19.8 Å². The van der Waals surface area contributed by atoms with Crippen LogP contribution in [0.1, 0.15) is 33.4 Å². The maximum absolute atomic E-state index is 12.6. The zero-order chi connectivity index (χ0) is 24.9. The maximum Gasteiger partial charge on any atom is 0.291 e. The Morgan fingerprint density at radius 1 is 1.00 bits per heavy atom. The van der Waals surface area contributed by atoms with Gasteiger partial charge in [0, 0.05) is 22.3 Å². The third kappa shape index (κ3) is 5.87. The number of aryl methyl sites for hydroxylation is 1. The van der Waals surface area contributed by atoms with Crippen LogP contribution in [0.3, 0.4) is 0 Å². The number of anilines is 2. The molecule has 1 heterocycles. The molecule has 178 valence electrons. The third-order valence-corrected chi connectivity index (χ3v) is 5.93. The molecule has 7 nitrogen and oxygen atoms in total. The molecule has 1 aromatic heterocycles. The van der Waals surface area contributed by atoms with E-state index < -0.39 is 0 Å². The second-order valence-corrected chi connectivity index (χ2v) is 8.88. The summed E-state index contributed by atoms with van der Waals surface area (Å²) in [5.41, 5.74) is 3.20. The fourth-order valence-electron chi connectivity index (χ4n) is 3.41. The van der Waals surface area contributed by atoms with Gasteiger partial charge in [0.2, 0.25) is 0 Å². The van der Waals surface area contributed by atoms with Gasteiger partial charge in [0.05, 0.1) is 11.1 Å². The average Bonchev–Trinajstić information content (AvgIpc) is 3.26. The van der Waals surface area contributed by atoms with Crippen molar-refractivity contribution in [2.24, 2.45) is 0 Å². The molecule has 35 heavy (non-hydrogen) atoms. The van der Waals surface area contributed by atoms with Gasteiger partial charge in [-0.3, -0.25) is 14.9 Å². The first-order valence-electron chi connectivity index (χ1n) is 10.8. The quantitative estimate of drug-likeness (QED) is 0.244. The lowest BCUT2D eigenvalue weighted by atomic mass is 10.1. The van der Waals surface area contributed by atoms with E-state index in [9.17, 15) is 9.59 Å². The van der Waals surface area contributed by atoms with Crippen LogP contribution in [0.2, 0.25) is 0 Å². The molecular formula is C26H22BrN3O4S. The first kappa shape index (κ1) is 24.4. The van der Waals surface area contributed by atoms with Crippen LogP contribution in [0.15, 0.2) is 75.6 Å². The smallest absolute Gasteiger partial charge is 0.291 e. The molecule has 0 aliphatic heterocycles. The number of para-hydroxylation sites is 1. The van der Waals surface area contributed by atoms with Gasteiger partial charge in [-0.25, -0.2) is 0 Å². The molecule has 3 aromatic carbocycles. The van der Waals surface area contributed by atoms with E-state index in [4.69, 9.17) is 21.4 Å². The van der Waals surface area contributed by atoms with Crippen molar-refractivity contribution in [2.75, 3.05) is 17.2 Å². The van der Waals surface area contributed by atoms with E-state index in [0.717, 1.165) is 10.9 Å². The highest BCUT2D eigenvalue weighted by atomic mass is 79.9. The van der Waals surface area contributed by atoms with E-state index in [2.05, 4.69) is 31.9 Å². The topological polar surface area (TPSA) is 92.6 Å². The normalized spacial score (nSPS) is 10.6. The summed E-state index contributed by atoms with van der Waals surface area (Å²) in [6.07, 6.45) is 0. The highest BCUT2D eigenvalue weighted by Crippen LogP contribution is 2.26. The third-order valence-electron chi connectivity index (χ3n) is 5.10. The Labute approximate surface area is 216 Å². The molecule has 4 aromatic rings. The number of thiocarbonyl (C=S) groups is 1. The molecule has 0 spiro atoms. The van der Waals surface area contributed by atoms with E-state index in [0.29, 0.717) is 39.4 Å². The van der Waals surface area contributed by atoms with Gasteiger partial charge in [-0.15, -0.1) is 0 Å². The predicted octanol–water partition coefficient (Wildman–Crippen LogP) is 6.28. The molecule has 0 saturated carbocycles. The zero-order valence-electron chi connectivity index (χ0n) is 19.0. The number of rotatable bonds is 6. The van der Waals surface area contributed by atoms with Crippen molar-refractivity contribution in [2.45, 2.75) is 13.8 Å². The fraction of sp³-hybridized carbons (Fsp3) is 0.115. The fourth-order valence-corrected chi connectivity index (χ4v) is 4.12. The standard InChI is InChI=1S/C26H22BrN3O4S/c1-3-33-22-11-8-17(13-19(22)27)24(31)30-26(35)28-18-9-10-20(15(2)12-18)29-25(32)23-14-16-6-4-5-7-21(16)34-23/h4-14H,3H2,1-2H3,(H,29,32)(H2,28,30,31,35). The molecule has 0 radical (unpaired) electrons. The molecular weight excluding hydrogens is 530 g/mol. The molecule has 0 saturated heterocycles. The summed E-state index contributed by atoms with van der Waals surface area (Å²) in [7, 11) is 0. The second kappa shape index (κ2) is 10.7. The number of hydrogen-bond donors (Lipinski definition) is 3. The van der Waals surface area contributed by atoms with Crippen LogP contribution < -0.4 is 20.7 Å². The Balaban J connectivity index is 1.37. The van der Waals surface area contributed by atoms with Gasteiger partial charge in [-0.05, 0) is 96.1 Å². The summed E-state index contributed by atoms with van der Waals surface area (Å²) >= 11 is 8.69. The zero-order valence-corrected chi connectivity index (χ0v) is 21.4. The Kier molecular flexibility index (Phi) is 7.48. The number of carbonyl (C=O) groups excluding carboxylic acids is 2. The van der Waals surface area contributed by atoms with Crippen molar-refractivity contribution in [3.8, 4) is 5.75 Å². The monoisotopic (exact) mass is 551 g/mol. The van der Waals surface area contributed by atoms with Crippen LogP contribution in [0, 0.1) is 6.92 Å². The Morgan fingerprint density at radius 2 is 1.80 bits per heavy atom. The molecule has 0 atom stereocenters. The van der Waals surface area contributed by atoms with E-state index in [1.54, 1.807) is 36.4 Å². The number of amides is 2. The van der Waals surface area contributed by atoms with Crippen LogP contribution in [-0.2, 0) is 0 Å². The summed E-state index contributed by atoms with van der Waals surface area (Å²) in [6.45, 7) is 4.28. The van der Waals surface area contributed by atoms with Crippen LogP contribution in [0.25, 0.3) is 11.0 Å². The summed E-state index contributed by atoms with van der Waals surface area (Å²) < 4.78 is 11.8. The van der Waals surface area contributed by atoms with Gasteiger partial charge in [-0.2, -0.15) is 0 Å². The van der Waals surface area contributed by atoms with Crippen molar-refractivity contribution in [1.82, 2.24) is 5.32 Å². The summed E-state index contributed by atoms with van der Waals surface area (Å²) in [5.74, 6) is 0.206. The van der Waals surface area contributed by atoms with Gasteiger partial charge >= 0.3 is 0 Å². The van der Waals surface area contributed by atoms with Crippen molar-refractivity contribution < 1.29 is 18.7 Å². The van der Waals surface area contributed by atoms with Crippen molar-refractivity contribution in [1.29, 1.82) is 0 Å². The van der Waals surface area contributed by atoms with Crippen LogP contribution in [0.4, 0.5) is 11.4 Å². The number of carbonyl (C=O) groups is 2. The first-order valence-corrected chi connectivity index (χ1v) is 12.0. The molecule has 9 heteroatoms. The van der Waals surface area contributed by atoms with Gasteiger partial charge in [0.15, 0.2) is 10.9 Å². The highest BCUT2D eigenvalue weighted by Gasteiger charge is 2.14. The van der Waals surface area contributed by atoms with Gasteiger partial charge in [0.25, 0.3) is 11.8 Å². The lowest BCUT2D eigenvalue weighted by molar-refractivity contribution is 0.0975. The van der Waals surface area contributed by atoms with Crippen LogP contribution in [-0.4, -0.2) is 23.5 Å². The first-order chi connectivity index (χ1) is 16.8. The second-order valence-electron chi connectivity index (χ2n) is 7.62. The number of fused-ring (bicyclic) bond motifs is 1. The van der Waals surface area contributed by atoms with Crippen molar-refractivity contribution >= 4 is 67.4 Å². The predicted molar refractivity (Wildman–Crippen MR) is 144 cm³/mol. The van der Waals surface area contributed by atoms with Gasteiger partial charge in [0.1, 0.15) is 11.3 Å². The molecule has 0 bridgehead atoms. The number of furan rings is 1. The number of ether oxygens (including phenoxy) is 1. The molecule has 0 aliphatic rings. The number of benzene rings is 3. The minimum absolute atomic E-state index is 0.151. The number of hydrogen-bond acceptors (Lipinski definition) is 5. The number of halogens is 1. The Morgan fingerprint density at radius 3 is 2.51 bits per heavy atom. The Hall–Kier alpha value is -3.69. The summed E-state index contributed by atoms with van der Waals surface area (Å²) in [5, 5.41) is 9.53. The van der Waals surface area contributed by atoms with Crippen LogP contribution >= 0.6 is 28.1 Å². The van der Waals surface area contributed by atoms with E-state index >= 15 is 0 Å².